The average molecular weight is 214 g/mol. The van der Waals surface area contributed by atoms with E-state index < -0.39 is 0 Å². The molecule has 4 rings (SSSR count). The highest BCUT2D eigenvalue weighted by Crippen LogP contribution is 2.38. The largest absolute Gasteiger partial charge is 0.368 e. The molecule has 5 nitrogen and oxygen atoms in total. The van der Waals surface area contributed by atoms with E-state index in [4.69, 9.17) is 4.74 Å². The minimum absolute atomic E-state index is 0.310. The molecular weight excluding hydrogens is 204 g/mol. The number of fused-ring (bicyclic) bond motifs is 3. The molecule has 0 aliphatic carbocycles. The first-order valence-corrected chi connectivity index (χ1v) is 5.35. The van der Waals surface area contributed by atoms with Crippen molar-refractivity contribution in [1.82, 2.24) is 20.2 Å². The number of aromatic nitrogens is 4. The fourth-order valence-corrected chi connectivity index (χ4v) is 2.42. The van der Waals surface area contributed by atoms with Crippen LogP contribution in [0.3, 0.4) is 0 Å². The van der Waals surface area contributed by atoms with Crippen molar-refractivity contribution in [2.24, 2.45) is 0 Å². The van der Waals surface area contributed by atoms with Crippen LogP contribution in [0, 0.1) is 6.92 Å². The van der Waals surface area contributed by atoms with Gasteiger partial charge < -0.3 is 4.74 Å². The van der Waals surface area contributed by atoms with Gasteiger partial charge in [0.15, 0.2) is 5.82 Å². The van der Waals surface area contributed by atoms with E-state index in [2.05, 4.69) is 34.6 Å². The Morgan fingerprint density at radius 3 is 3.12 bits per heavy atom. The summed E-state index contributed by atoms with van der Waals surface area (Å²) in [7, 11) is 0. The van der Waals surface area contributed by atoms with Gasteiger partial charge in [-0.25, -0.2) is 4.68 Å². The second kappa shape index (κ2) is 2.68. The molecule has 1 unspecified atom stereocenters. The van der Waals surface area contributed by atoms with Gasteiger partial charge in [-0.05, 0) is 34.0 Å². The number of hydrogen-bond acceptors (Lipinski definition) is 4. The van der Waals surface area contributed by atoms with E-state index in [1.165, 1.54) is 16.7 Å². The third-order valence-corrected chi connectivity index (χ3v) is 3.40. The fraction of sp³-hybridized carbons (Fsp3) is 0.364. The molecule has 80 valence electrons. The Hall–Kier alpha value is -1.75. The number of hydrogen-bond donors (Lipinski definition) is 0. The van der Waals surface area contributed by atoms with Gasteiger partial charge in [-0.2, -0.15) is 0 Å². The standard InChI is InChI=1S/C11H10N4O/c1-6-7(10-5-16-10)2-3-8-9(6)4-15-11(8)12-13-14-15/h2-3,10H,4-5H2,1H3. The van der Waals surface area contributed by atoms with Gasteiger partial charge in [0.2, 0.25) is 0 Å². The Labute approximate surface area is 92.0 Å². The molecule has 0 radical (unpaired) electrons. The first kappa shape index (κ1) is 8.41. The summed E-state index contributed by atoms with van der Waals surface area (Å²) >= 11 is 0. The van der Waals surface area contributed by atoms with Crippen LogP contribution in [0.15, 0.2) is 12.1 Å². The van der Waals surface area contributed by atoms with Crippen LogP contribution in [-0.4, -0.2) is 26.8 Å². The second-order valence-corrected chi connectivity index (χ2v) is 4.29. The zero-order chi connectivity index (χ0) is 10.7. The third-order valence-electron chi connectivity index (χ3n) is 3.40. The molecular formula is C11H10N4O. The van der Waals surface area contributed by atoms with Gasteiger partial charge in [-0.3, -0.25) is 0 Å². The van der Waals surface area contributed by atoms with E-state index in [0.717, 1.165) is 24.5 Å². The van der Waals surface area contributed by atoms with Crippen molar-refractivity contribution in [2.75, 3.05) is 6.61 Å². The number of epoxide rings is 1. The number of rotatable bonds is 1. The summed E-state index contributed by atoms with van der Waals surface area (Å²) in [6.07, 6.45) is 0.310. The highest BCUT2D eigenvalue weighted by Gasteiger charge is 2.30. The van der Waals surface area contributed by atoms with Crippen molar-refractivity contribution in [2.45, 2.75) is 19.6 Å². The maximum atomic E-state index is 5.34. The molecule has 0 spiro atoms. The summed E-state index contributed by atoms with van der Waals surface area (Å²) in [5, 5.41) is 11.7. The van der Waals surface area contributed by atoms with Gasteiger partial charge >= 0.3 is 0 Å². The molecule has 5 heteroatoms. The number of tetrazole rings is 1. The Bertz CT molecular complexity index is 586. The maximum Gasteiger partial charge on any atom is 0.182 e. The molecule has 2 aromatic rings. The van der Waals surface area contributed by atoms with Crippen LogP contribution in [0.4, 0.5) is 0 Å². The Morgan fingerprint density at radius 2 is 2.31 bits per heavy atom. The van der Waals surface area contributed by atoms with Gasteiger partial charge in [0.1, 0.15) is 6.10 Å². The topological polar surface area (TPSA) is 56.1 Å². The normalized spacial score (nSPS) is 20.7. The molecule has 0 N–H and O–H groups in total. The van der Waals surface area contributed by atoms with Crippen molar-refractivity contribution in [3.8, 4) is 11.4 Å². The average Bonchev–Trinajstić information content (AvgIpc) is 2.89. The lowest BCUT2D eigenvalue weighted by atomic mass is 9.97. The second-order valence-electron chi connectivity index (χ2n) is 4.29. The number of ether oxygens (including phenoxy) is 1. The van der Waals surface area contributed by atoms with Crippen molar-refractivity contribution in [1.29, 1.82) is 0 Å². The summed E-state index contributed by atoms with van der Waals surface area (Å²) in [5.41, 5.74) is 5.09. The first-order valence-electron chi connectivity index (χ1n) is 5.35. The Balaban J connectivity index is 1.94. The summed E-state index contributed by atoms with van der Waals surface area (Å²) in [6, 6.07) is 4.24. The van der Waals surface area contributed by atoms with Crippen LogP contribution in [0.5, 0.6) is 0 Å². The smallest absolute Gasteiger partial charge is 0.182 e. The zero-order valence-electron chi connectivity index (χ0n) is 8.84. The summed E-state index contributed by atoms with van der Waals surface area (Å²) in [4.78, 5) is 0. The van der Waals surface area contributed by atoms with Crippen molar-refractivity contribution >= 4 is 0 Å². The first-order chi connectivity index (χ1) is 7.84. The Morgan fingerprint density at radius 1 is 1.44 bits per heavy atom. The molecule has 1 saturated heterocycles. The number of benzene rings is 1. The molecule has 1 fully saturated rings. The lowest BCUT2D eigenvalue weighted by Crippen LogP contribution is -1.99. The van der Waals surface area contributed by atoms with Gasteiger partial charge in [0.25, 0.3) is 0 Å². The van der Waals surface area contributed by atoms with E-state index in [0.29, 0.717) is 6.10 Å². The minimum atomic E-state index is 0.310. The molecule has 0 bridgehead atoms. The van der Waals surface area contributed by atoms with Crippen molar-refractivity contribution in [3.05, 3.63) is 28.8 Å². The van der Waals surface area contributed by atoms with Gasteiger partial charge in [0.05, 0.1) is 13.2 Å². The van der Waals surface area contributed by atoms with Crippen LogP contribution in [0.1, 0.15) is 22.8 Å². The summed E-state index contributed by atoms with van der Waals surface area (Å²) < 4.78 is 7.19. The monoisotopic (exact) mass is 214 g/mol. The van der Waals surface area contributed by atoms with E-state index in [1.807, 2.05) is 4.68 Å². The molecule has 1 aromatic heterocycles. The van der Waals surface area contributed by atoms with E-state index in [1.54, 1.807) is 0 Å². The Kier molecular flexibility index (Phi) is 1.41. The lowest BCUT2D eigenvalue weighted by molar-refractivity contribution is 0.415. The summed E-state index contributed by atoms with van der Waals surface area (Å²) in [6.45, 7) is 3.78. The lowest BCUT2D eigenvalue weighted by Gasteiger charge is -2.07. The van der Waals surface area contributed by atoms with E-state index in [9.17, 15) is 0 Å². The molecule has 0 saturated carbocycles. The van der Waals surface area contributed by atoms with Crippen molar-refractivity contribution in [3.63, 3.8) is 0 Å². The molecule has 0 amide bonds. The predicted octanol–water partition coefficient (Wildman–Crippen LogP) is 1.08. The van der Waals surface area contributed by atoms with Crippen LogP contribution in [0.25, 0.3) is 11.4 Å². The molecule has 1 atom stereocenters. The van der Waals surface area contributed by atoms with Crippen LogP contribution >= 0.6 is 0 Å². The molecule has 2 aliphatic rings. The van der Waals surface area contributed by atoms with Crippen LogP contribution < -0.4 is 0 Å². The maximum absolute atomic E-state index is 5.34. The van der Waals surface area contributed by atoms with Crippen LogP contribution in [0.2, 0.25) is 0 Å². The van der Waals surface area contributed by atoms with Gasteiger partial charge in [-0.15, -0.1) is 5.10 Å². The highest BCUT2D eigenvalue weighted by atomic mass is 16.6. The fourth-order valence-electron chi connectivity index (χ4n) is 2.42. The third kappa shape index (κ3) is 0.957. The van der Waals surface area contributed by atoms with Gasteiger partial charge in [0, 0.05) is 5.56 Å². The van der Waals surface area contributed by atoms with Crippen molar-refractivity contribution < 1.29 is 4.74 Å². The summed E-state index contributed by atoms with van der Waals surface area (Å²) in [5.74, 6) is 0.876. The predicted molar refractivity (Wildman–Crippen MR) is 55.8 cm³/mol. The SMILES string of the molecule is Cc1c(C2CO2)ccc2c1Cn1nnnc1-2. The minimum Gasteiger partial charge on any atom is -0.368 e. The zero-order valence-corrected chi connectivity index (χ0v) is 8.84. The highest BCUT2D eigenvalue weighted by molar-refractivity contribution is 5.67. The number of nitrogens with zero attached hydrogens (tertiary/aromatic N) is 4. The quantitative estimate of drug-likeness (QED) is 0.569. The van der Waals surface area contributed by atoms with Crippen LogP contribution in [-0.2, 0) is 11.3 Å². The molecule has 16 heavy (non-hydrogen) atoms. The molecule has 2 aliphatic heterocycles. The van der Waals surface area contributed by atoms with Gasteiger partial charge in [-0.1, -0.05) is 12.1 Å². The van der Waals surface area contributed by atoms with E-state index in [-0.39, 0.29) is 0 Å². The van der Waals surface area contributed by atoms with E-state index >= 15 is 0 Å². The molecule has 3 heterocycles. The molecule has 1 aromatic carbocycles.